The number of ether oxygens (including phenoxy) is 1. The molecule has 3 nitrogen and oxygen atoms in total. The molecule has 2 rings (SSSR count). The average Bonchev–Trinajstić information content (AvgIpc) is 2.41. The van der Waals surface area contributed by atoms with E-state index in [2.05, 4.69) is 27.8 Å². The maximum Gasteiger partial charge on any atom is 0.219 e. The molecule has 0 saturated heterocycles. The summed E-state index contributed by atoms with van der Waals surface area (Å²) < 4.78 is 6.66. The molecule has 0 amide bonds. The summed E-state index contributed by atoms with van der Waals surface area (Å²) in [6.07, 6.45) is 3.64. The number of aromatic nitrogens is 1. The van der Waals surface area contributed by atoms with E-state index in [0.29, 0.717) is 5.88 Å². The zero-order chi connectivity index (χ0) is 13.7. The highest BCUT2D eigenvalue weighted by Crippen LogP contribution is 2.23. The van der Waals surface area contributed by atoms with Crippen molar-refractivity contribution in [3.8, 4) is 11.6 Å². The van der Waals surface area contributed by atoms with Gasteiger partial charge in [-0.2, -0.15) is 0 Å². The van der Waals surface area contributed by atoms with E-state index in [1.54, 1.807) is 0 Å². The molecule has 0 spiro atoms. The number of hydrogen-bond acceptors (Lipinski definition) is 3. The van der Waals surface area contributed by atoms with Crippen LogP contribution in [-0.2, 0) is 6.42 Å². The van der Waals surface area contributed by atoms with Crippen molar-refractivity contribution in [2.75, 3.05) is 0 Å². The van der Waals surface area contributed by atoms with E-state index in [9.17, 15) is 0 Å². The molecule has 2 N–H and O–H groups in total. The number of halogens is 1. The quantitative estimate of drug-likeness (QED) is 0.908. The summed E-state index contributed by atoms with van der Waals surface area (Å²) in [5.41, 5.74) is 7.05. The molecule has 19 heavy (non-hydrogen) atoms. The predicted molar refractivity (Wildman–Crippen MR) is 80.4 cm³/mol. The standard InChI is InChI=1S/C15H17BrN2O/c1-2-13(17)8-11-6-7-15(18-10-11)19-14-5-3-4-12(16)9-14/h3-7,9-10,13H,2,8,17H2,1H3. The van der Waals surface area contributed by atoms with Crippen molar-refractivity contribution in [1.82, 2.24) is 4.98 Å². The smallest absolute Gasteiger partial charge is 0.219 e. The molecule has 0 fully saturated rings. The van der Waals surface area contributed by atoms with E-state index in [1.807, 2.05) is 42.6 Å². The Bertz CT molecular complexity index is 528. The summed E-state index contributed by atoms with van der Waals surface area (Å²) in [7, 11) is 0. The number of nitrogens with two attached hydrogens (primary N) is 1. The summed E-state index contributed by atoms with van der Waals surface area (Å²) in [5, 5.41) is 0. The average molecular weight is 321 g/mol. The molecule has 0 aliphatic rings. The van der Waals surface area contributed by atoms with Crippen molar-refractivity contribution in [2.24, 2.45) is 5.73 Å². The molecule has 0 aliphatic carbocycles. The molecule has 1 heterocycles. The van der Waals surface area contributed by atoms with Gasteiger partial charge in [-0.1, -0.05) is 35.0 Å². The van der Waals surface area contributed by atoms with Gasteiger partial charge in [0, 0.05) is 22.8 Å². The topological polar surface area (TPSA) is 48.1 Å². The highest BCUT2D eigenvalue weighted by Gasteiger charge is 2.03. The first-order valence-electron chi connectivity index (χ1n) is 6.31. The first-order valence-corrected chi connectivity index (χ1v) is 7.10. The van der Waals surface area contributed by atoms with Crippen LogP contribution < -0.4 is 10.5 Å². The van der Waals surface area contributed by atoms with E-state index in [0.717, 1.165) is 28.6 Å². The number of nitrogens with zero attached hydrogens (tertiary/aromatic N) is 1. The number of hydrogen-bond donors (Lipinski definition) is 1. The van der Waals surface area contributed by atoms with E-state index in [4.69, 9.17) is 10.5 Å². The summed E-state index contributed by atoms with van der Waals surface area (Å²) in [5.74, 6) is 1.35. The highest BCUT2D eigenvalue weighted by molar-refractivity contribution is 9.10. The largest absolute Gasteiger partial charge is 0.439 e. The van der Waals surface area contributed by atoms with Crippen molar-refractivity contribution in [3.05, 3.63) is 52.6 Å². The van der Waals surface area contributed by atoms with Crippen LogP contribution in [0.1, 0.15) is 18.9 Å². The van der Waals surface area contributed by atoms with E-state index >= 15 is 0 Å². The van der Waals surface area contributed by atoms with Gasteiger partial charge in [0.05, 0.1) is 0 Å². The maximum atomic E-state index is 5.92. The Morgan fingerprint density at radius 3 is 2.79 bits per heavy atom. The Kier molecular flexibility index (Phi) is 4.93. The van der Waals surface area contributed by atoms with Crippen LogP contribution in [0.4, 0.5) is 0 Å². The Balaban J connectivity index is 2.02. The first kappa shape index (κ1) is 14.0. The molecular formula is C15H17BrN2O. The zero-order valence-electron chi connectivity index (χ0n) is 10.8. The molecular weight excluding hydrogens is 304 g/mol. The predicted octanol–water partition coefficient (Wildman–Crippen LogP) is 3.92. The molecule has 1 unspecified atom stereocenters. The summed E-state index contributed by atoms with van der Waals surface area (Å²) in [6.45, 7) is 2.09. The van der Waals surface area contributed by atoms with Crippen molar-refractivity contribution >= 4 is 15.9 Å². The fraction of sp³-hybridized carbons (Fsp3) is 0.267. The fourth-order valence-electron chi connectivity index (χ4n) is 1.69. The van der Waals surface area contributed by atoms with Crippen LogP contribution in [0, 0.1) is 0 Å². The summed E-state index contributed by atoms with van der Waals surface area (Å²) in [4.78, 5) is 4.30. The van der Waals surface area contributed by atoms with Crippen LogP contribution in [0.3, 0.4) is 0 Å². The number of pyridine rings is 1. The van der Waals surface area contributed by atoms with Gasteiger partial charge in [0.2, 0.25) is 5.88 Å². The minimum atomic E-state index is 0.193. The van der Waals surface area contributed by atoms with Crippen molar-refractivity contribution < 1.29 is 4.74 Å². The van der Waals surface area contributed by atoms with Crippen molar-refractivity contribution in [2.45, 2.75) is 25.8 Å². The lowest BCUT2D eigenvalue weighted by molar-refractivity contribution is 0.462. The lowest BCUT2D eigenvalue weighted by Gasteiger charge is -2.09. The van der Waals surface area contributed by atoms with Gasteiger partial charge in [0.1, 0.15) is 5.75 Å². The number of rotatable bonds is 5. The second-order valence-corrected chi connectivity index (χ2v) is 5.35. The molecule has 1 aromatic heterocycles. The molecule has 0 radical (unpaired) electrons. The monoisotopic (exact) mass is 320 g/mol. The van der Waals surface area contributed by atoms with Gasteiger partial charge >= 0.3 is 0 Å². The van der Waals surface area contributed by atoms with Gasteiger partial charge in [0.15, 0.2) is 0 Å². The van der Waals surface area contributed by atoms with Gasteiger partial charge < -0.3 is 10.5 Å². The third-order valence-electron chi connectivity index (χ3n) is 2.84. The molecule has 4 heteroatoms. The Morgan fingerprint density at radius 2 is 2.16 bits per heavy atom. The molecule has 1 atom stereocenters. The minimum absolute atomic E-state index is 0.193. The lowest BCUT2D eigenvalue weighted by atomic mass is 10.1. The second-order valence-electron chi connectivity index (χ2n) is 4.44. The first-order chi connectivity index (χ1) is 9.17. The van der Waals surface area contributed by atoms with Crippen LogP contribution in [0.5, 0.6) is 11.6 Å². The van der Waals surface area contributed by atoms with Gasteiger partial charge in [-0.15, -0.1) is 0 Å². The van der Waals surface area contributed by atoms with Crippen molar-refractivity contribution in [1.29, 1.82) is 0 Å². The van der Waals surface area contributed by atoms with E-state index in [-0.39, 0.29) is 6.04 Å². The van der Waals surface area contributed by atoms with E-state index < -0.39 is 0 Å². The number of benzene rings is 1. The molecule has 1 aromatic carbocycles. The highest BCUT2D eigenvalue weighted by atomic mass is 79.9. The SMILES string of the molecule is CCC(N)Cc1ccc(Oc2cccc(Br)c2)nc1. The van der Waals surface area contributed by atoms with Crippen molar-refractivity contribution in [3.63, 3.8) is 0 Å². The van der Waals surface area contributed by atoms with Gasteiger partial charge in [0.25, 0.3) is 0 Å². The summed E-state index contributed by atoms with van der Waals surface area (Å²) in [6, 6.07) is 11.8. The lowest BCUT2D eigenvalue weighted by Crippen LogP contribution is -2.21. The van der Waals surface area contributed by atoms with Crippen LogP contribution in [0.15, 0.2) is 47.1 Å². The third kappa shape index (κ3) is 4.33. The Labute approximate surface area is 121 Å². The van der Waals surface area contributed by atoms with Crippen LogP contribution >= 0.6 is 15.9 Å². The Hall–Kier alpha value is -1.39. The fourth-order valence-corrected chi connectivity index (χ4v) is 2.07. The van der Waals surface area contributed by atoms with Gasteiger partial charge in [-0.05, 0) is 36.6 Å². The van der Waals surface area contributed by atoms with Crippen LogP contribution in [-0.4, -0.2) is 11.0 Å². The minimum Gasteiger partial charge on any atom is -0.439 e. The normalized spacial score (nSPS) is 12.2. The molecule has 100 valence electrons. The maximum absolute atomic E-state index is 5.92. The Morgan fingerprint density at radius 1 is 1.32 bits per heavy atom. The van der Waals surface area contributed by atoms with E-state index in [1.165, 1.54) is 0 Å². The molecule has 0 saturated carbocycles. The van der Waals surface area contributed by atoms with Crippen LogP contribution in [0.2, 0.25) is 0 Å². The molecule has 0 aliphatic heterocycles. The van der Waals surface area contributed by atoms with Gasteiger partial charge in [-0.3, -0.25) is 0 Å². The second kappa shape index (κ2) is 6.68. The molecule has 2 aromatic rings. The third-order valence-corrected chi connectivity index (χ3v) is 3.33. The van der Waals surface area contributed by atoms with Gasteiger partial charge in [-0.25, -0.2) is 4.98 Å². The summed E-state index contributed by atoms with van der Waals surface area (Å²) >= 11 is 3.41. The molecule has 0 bridgehead atoms. The zero-order valence-corrected chi connectivity index (χ0v) is 12.4. The van der Waals surface area contributed by atoms with Crippen LogP contribution in [0.25, 0.3) is 0 Å².